The minimum absolute atomic E-state index is 0.148. The van der Waals surface area contributed by atoms with Crippen molar-refractivity contribution in [3.8, 4) is 5.69 Å². The molecule has 0 saturated heterocycles. The van der Waals surface area contributed by atoms with Gasteiger partial charge in [0.05, 0.1) is 11.4 Å². The number of hydrogen-bond acceptors (Lipinski definition) is 4. The predicted molar refractivity (Wildman–Crippen MR) is 102 cm³/mol. The van der Waals surface area contributed by atoms with E-state index in [0.717, 1.165) is 11.3 Å². The molecule has 3 rings (SSSR count). The van der Waals surface area contributed by atoms with E-state index in [-0.39, 0.29) is 11.7 Å². The third-order valence-electron chi connectivity index (χ3n) is 3.39. The first-order valence-corrected chi connectivity index (χ1v) is 9.12. The van der Waals surface area contributed by atoms with Gasteiger partial charge >= 0.3 is 0 Å². The van der Waals surface area contributed by atoms with E-state index in [1.54, 1.807) is 23.0 Å². The molecule has 0 bridgehead atoms. The van der Waals surface area contributed by atoms with Crippen LogP contribution in [0.5, 0.6) is 0 Å². The summed E-state index contributed by atoms with van der Waals surface area (Å²) in [6.07, 6.45) is 1.59. The third-order valence-corrected chi connectivity index (χ3v) is 4.98. The van der Waals surface area contributed by atoms with E-state index >= 15 is 0 Å². The number of nitrogens with one attached hydrogen (secondary N) is 1. The van der Waals surface area contributed by atoms with Gasteiger partial charge in [-0.05, 0) is 42.8 Å². The van der Waals surface area contributed by atoms with Crippen molar-refractivity contribution in [1.29, 1.82) is 0 Å². The number of hydrogen-bond donors (Lipinski definition) is 1. The molecule has 0 aliphatic rings. The van der Waals surface area contributed by atoms with Crippen molar-refractivity contribution in [3.05, 3.63) is 64.4 Å². The molecular formula is C17H14Cl2N4OS. The maximum Gasteiger partial charge on any atom is 0.234 e. The van der Waals surface area contributed by atoms with Crippen LogP contribution in [0.25, 0.3) is 5.69 Å². The maximum atomic E-state index is 12.2. The first kappa shape index (κ1) is 17.8. The van der Waals surface area contributed by atoms with Gasteiger partial charge in [0, 0.05) is 15.7 Å². The number of nitrogens with zero attached hydrogens (tertiary/aromatic N) is 3. The second-order valence-corrected chi connectivity index (χ2v) is 7.05. The highest BCUT2D eigenvalue weighted by Crippen LogP contribution is 2.23. The van der Waals surface area contributed by atoms with Crippen molar-refractivity contribution in [2.45, 2.75) is 12.1 Å². The lowest BCUT2D eigenvalue weighted by atomic mass is 10.2. The molecule has 8 heteroatoms. The number of benzene rings is 2. The monoisotopic (exact) mass is 392 g/mol. The number of amides is 1. The summed E-state index contributed by atoms with van der Waals surface area (Å²) in [5.74, 6) is 0.0515. The highest BCUT2D eigenvalue weighted by molar-refractivity contribution is 7.99. The summed E-state index contributed by atoms with van der Waals surface area (Å²) in [7, 11) is 0. The number of anilines is 1. The molecule has 0 radical (unpaired) electrons. The van der Waals surface area contributed by atoms with E-state index in [1.165, 1.54) is 11.8 Å². The smallest absolute Gasteiger partial charge is 0.234 e. The molecule has 5 nitrogen and oxygen atoms in total. The first-order valence-electron chi connectivity index (χ1n) is 7.38. The van der Waals surface area contributed by atoms with Crippen molar-refractivity contribution < 1.29 is 4.79 Å². The van der Waals surface area contributed by atoms with E-state index in [1.807, 2.05) is 37.3 Å². The van der Waals surface area contributed by atoms with Crippen LogP contribution >= 0.6 is 35.0 Å². The number of halogens is 2. The quantitative estimate of drug-likeness (QED) is 0.643. The second-order valence-electron chi connectivity index (χ2n) is 5.26. The van der Waals surface area contributed by atoms with Gasteiger partial charge in [-0.2, -0.15) is 0 Å². The predicted octanol–water partition coefficient (Wildman–Crippen LogP) is 4.61. The molecule has 0 spiro atoms. The van der Waals surface area contributed by atoms with Crippen molar-refractivity contribution in [2.75, 3.05) is 11.1 Å². The molecule has 0 atom stereocenters. The van der Waals surface area contributed by atoms with Gasteiger partial charge in [0.15, 0.2) is 5.16 Å². The van der Waals surface area contributed by atoms with Crippen LogP contribution < -0.4 is 5.32 Å². The number of aryl methyl sites for hydroxylation is 1. The zero-order valence-electron chi connectivity index (χ0n) is 13.2. The molecule has 1 amide bonds. The number of carbonyl (C=O) groups excluding carboxylic acids is 1. The fourth-order valence-electron chi connectivity index (χ4n) is 2.12. The van der Waals surface area contributed by atoms with Crippen LogP contribution in [0, 0.1) is 6.92 Å². The van der Waals surface area contributed by atoms with Gasteiger partial charge in [-0.3, -0.25) is 9.36 Å². The average Bonchev–Trinajstić information content (AvgIpc) is 3.05. The summed E-state index contributed by atoms with van der Waals surface area (Å²) in [6, 6.07) is 12.8. The summed E-state index contributed by atoms with van der Waals surface area (Å²) in [5, 5.41) is 12.6. The van der Waals surface area contributed by atoms with E-state index in [9.17, 15) is 4.79 Å². The Balaban J connectivity index is 1.65. The summed E-state index contributed by atoms with van der Waals surface area (Å²) < 4.78 is 1.78. The SMILES string of the molecule is Cc1ccc(NC(=O)CSc2nncn2-c2cccc(Cl)c2)cc1Cl. The summed E-state index contributed by atoms with van der Waals surface area (Å²) in [4.78, 5) is 12.2. The van der Waals surface area contributed by atoms with Crippen molar-refractivity contribution >= 4 is 46.6 Å². The molecule has 1 N–H and O–H groups in total. The van der Waals surface area contributed by atoms with E-state index in [0.29, 0.717) is 20.9 Å². The third kappa shape index (κ3) is 4.54. The minimum Gasteiger partial charge on any atom is -0.325 e. The fourth-order valence-corrected chi connectivity index (χ4v) is 3.22. The lowest BCUT2D eigenvalue weighted by molar-refractivity contribution is -0.113. The van der Waals surface area contributed by atoms with Gasteiger partial charge in [-0.15, -0.1) is 10.2 Å². The van der Waals surface area contributed by atoms with Crippen LogP contribution in [0.3, 0.4) is 0 Å². The normalized spacial score (nSPS) is 10.7. The average molecular weight is 393 g/mol. The number of aromatic nitrogens is 3. The molecule has 0 aliphatic carbocycles. The largest absolute Gasteiger partial charge is 0.325 e. The van der Waals surface area contributed by atoms with Crippen LogP contribution in [-0.2, 0) is 4.79 Å². The van der Waals surface area contributed by atoms with Gasteiger partial charge in [-0.1, -0.05) is 47.1 Å². The fraction of sp³-hybridized carbons (Fsp3) is 0.118. The van der Waals surface area contributed by atoms with Crippen LogP contribution in [-0.4, -0.2) is 26.4 Å². The number of rotatable bonds is 5. The van der Waals surface area contributed by atoms with Crippen molar-refractivity contribution in [2.24, 2.45) is 0 Å². The Morgan fingerprint density at radius 2 is 2.08 bits per heavy atom. The molecular weight excluding hydrogens is 379 g/mol. The lowest BCUT2D eigenvalue weighted by Crippen LogP contribution is -2.14. The molecule has 128 valence electrons. The highest BCUT2D eigenvalue weighted by Gasteiger charge is 2.11. The zero-order chi connectivity index (χ0) is 17.8. The van der Waals surface area contributed by atoms with Gasteiger partial charge in [-0.25, -0.2) is 0 Å². The maximum absolute atomic E-state index is 12.2. The summed E-state index contributed by atoms with van der Waals surface area (Å²) in [6.45, 7) is 1.91. The number of carbonyl (C=O) groups is 1. The molecule has 2 aromatic carbocycles. The van der Waals surface area contributed by atoms with Gasteiger partial charge in [0.2, 0.25) is 5.91 Å². The minimum atomic E-state index is -0.148. The lowest BCUT2D eigenvalue weighted by Gasteiger charge is -2.08. The molecule has 1 heterocycles. The molecule has 0 aliphatic heterocycles. The van der Waals surface area contributed by atoms with Crippen LogP contribution in [0.2, 0.25) is 10.0 Å². The first-order chi connectivity index (χ1) is 12.0. The van der Waals surface area contributed by atoms with Crippen molar-refractivity contribution in [1.82, 2.24) is 14.8 Å². The molecule has 0 unspecified atom stereocenters. The Morgan fingerprint density at radius 3 is 2.84 bits per heavy atom. The van der Waals surface area contributed by atoms with Crippen molar-refractivity contribution in [3.63, 3.8) is 0 Å². The molecule has 3 aromatic rings. The highest BCUT2D eigenvalue weighted by atomic mass is 35.5. The Morgan fingerprint density at radius 1 is 1.24 bits per heavy atom. The van der Waals surface area contributed by atoms with Gasteiger partial charge in [0.1, 0.15) is 6.33 Å². The Bertz CT molecular complexity index is 913. The van der Waals surface area contributed by atoms with E-state index < -0.39 is 0 Å². The molecule has 25 heavy (non-hydrogen) atoms. The molecule has 0 saturated carbocycles. The van der Waals surface area contributed by atoms with Crippen LogP contribution in [0.15, 0.2) is 53.9 Å². The Kier molecular flexibility index (Phi) is 5.63. The van der Waals surface area contributed by atoms with Gasteiger partial charge in [0.25, 0.3) is 0 Å². The molecule has 0 fully saturated rings. The van der Waals surface area contributed by atoms with E-state index in [4.69, 9.17) is 23.2 Å². The Hall–Kier alpha value is -2.02. The zero-order valence-corrected chi connectivity index (χ0v) is 15.6. The van der Waals surface area contributed by atoms with E-state index in [2.05, 4.69) is 15.5 Å². The number of thioether (sulfide) groups is 1. The standard InChI is InChI=1S/C17H14Cl2N4OS/c1-11-5-6-13(8-15(11)19)21-16(24)9-25-17-22-20-10-23(17)14-4-2-3-12(18)7-14/h2-8,10H,9H2,1H3,(H,21,24). The van der Waals surface area contributed by atoms with Crippen LogP contribution in [0.4, 0.5) is 5.69 Å². The summed E-state index contributed by atoms with van der Waals surface area (Å²) >= 11 is 13.4. The Labute approximate surface area is 159 Å². The summed E-state index contributed by atoms with van der Waals surface area (Å²) in [5.41, 5.74) is 2.46. The second kappa shape index (κ2) is 7.91. The van der Waals surface area contributed by atoms with Gasteiger partial charge < -0.3 is 5.32 Å². The topological polar surface area (TPSA) is 59.8 Å². The van der Waals surface area contributed by atoms with Crippen LogP contribution in [0.1, 0.15) is 5.56 Å². The molecule has 1 aromatic heterocycles.